The number of anilines is 2. The van der Waals surface area contributed by atoms with Crippen LogP contribution in [0.25, 0.3) is 75.8 Å². The lowest BCUT2D eigenvalue weighted by atomic mass is 9.80. The molecule has 0 amide bonds. The van der Waals surface area contributed by atoms with E-state index in [1.54, 1.807) is 0 Å². The van der Waals surface area contributed by atoms with Crippen molar-refractivity contribution in [3.63, 3.8) is 0 Å². The number of ether oxygens (including phenoxy) is 2. The molecular weight excluding hydrogens is 727 g/mol. The van der Waals surface area contributed by atoms with Crippen LogP contribution in [0.4, 0.5) is 11.4 Å². The molecule has 3 nitrogen and oxygen atoms in total. The van der Waals surface area contributed by atoms with Gasteiger partial charge in [-0.1, -0.05) is 140 Å². The second-order valence-electron chi connectivity index (χ2n) is 15.1. The van der Waals surface area contributed by atoms with Gasteiger partial charge in [-0.2, -0.15) is 0 Å². The maximum absolute atomic E-state index is 7.16. The van der Waals surface area contributed by atoms with Crippen LogP contribution < -0.4 is 14.4 Å². The molecule has 12 rings (SSSR count). The van der Waals surface area contributed by atoms with Crippen LogP contribution in [0.2, 0.25) is 0 Å². The number of allylic oxidation sites excluding steroid dienone is 2. The third-order valence-corrected chi connectivity index (χ3v) is 12.9. The zero-order valence-corrected chi connectivity index (χ0v) is 32.2. The molecule has 0 saturated carbocycles. The average molecular weight is 762 g/mol. The molecule has 2 aliphatic carbocycles. The van der Waals surface area contributed by atoms with Crippen molar-refractivity contribution in [2.24, 2.45) is 0 Å². The Morgan fingerprint density at radius 3 is 1.59 bits per heavy atom. The Bertz CT molecular complexity index is 3140. The van der Waals surface area contributed by atoms with Gasteiger partial charge in [0.05, 0.1) is 5.70 Å². The number of rotatable bonds is 4. The molecule has 8 aromatic carbocycles. The van der Waals surface area contributed by atoms with E-state index in [1.807, 2.05) is 11.3 Å². The molecule has 0 fully saturated rings. The number of fused-ring (bicyclic) bond motifs is 13. The number of thiophene rings is 1. The lowest BCUT2D eigenvalue weighted by molar-refractivity contribution is 0.0677. The highest BCUT2D eigenvalue weighted by Crippen LogP contribution is 2.52. The smallest absolute Gasteiger partial charge is 0.179 e. The fourth-order valence-electron chi connectivity index (χ4n) is 9.12. The fourth-order valence-corrected chi connectivity index (χ4v) is 10.3. The number of para-hydroxylation sites is 1. The number of nitrogens with zero attached hydrogens (tertiary/aromatic N) is 1. The molecular formula is C54H35NO2S. The third-order valence-electron chi connectivity index (χ3n) is 11.8. The van der Waals surface area contributed by atoms with Gasteiger partial charge < -0.3 is 14.4 Å². The molecule has 0 spiro atoms. The summed E-state index contributed by atoms with van der Waals surface area (Å²) in [6, 6.07) is 65.5. The van der Waals surface area contributed by atoms with Gasteiger partial charge in [-0.25, -0.2) is 0 Å². The van der Waals surface area contributed by atoms with E-state index in [1.165, 1.54) is 64.7 Å². The van der Waals surface area contributed by atoms with E-state index >= 15 is 0 Å². The Kier molecular flexibility index (Phi) is 7.54. The molecule has 2 heterocycles. The summed E-state index contributed by atoms with van der Waals surface area (Å²) in [5, 5.41) is 2.63. The van der Waals surface area contributed by atoms with E-state index in [0.717, 1.165) is 39.7 Å². The minimum Gasteiger partial charge on any atom is -0.478 e. The monoisotopic (exact) mass is 761 g/mol. The van der Waals surface area contributed by atoms with E-state index in [9.17, 15) is 0 Å². The van der Waals surface area contributed by atoms with Crippen molar-refractivity contribution in [1.29, 1.82) is 0 Å². The SMILES string of the molecule is C1=CC2Oc3cc4c(cc3OC2C(N(c2ccccc2)c2ccc(-c3ccc5c(c3)sc3ccccc35)cc2)=C1)-c1ccccc1-c1ccccc1-c1ccccc1-4. The Morgan fingerprint density at radius 2 is 0.931 bits per heavy atom. The molecule has 4 heteroatoms. The maximum atomic E-state index is 7.16. The quantitative estimate of drug-likeness (QED) is 0.178. The summed E-state index contributed by atoms with van der Waals surface area (Å²) in [5.74, 6) is 1.49. The third kappa shape index (κ3) is 5.26. The number of hydrogen-bond donors (Lipinski definition) is 0. The van der Waals surface area contributed by atoms with Crippen molar-refractivity contribution in [3.05, 3.63) is 206 Å². The van der Waals surface area contributed by atoms with Crippen LogP contribution in [0, 0.1) is 0 Å². The van der Waals surface area contributed by atoms with Crippen molar-refractivity contribution >= 4 is 42.9 Å². The molecule has 0 saturated heterocycles. The molecule has 274 valence electrons. The zero-order chi connectivity index (χ0) is 38.2. The molecule has 58 heavy (non-hydrogen) atoms. The van der Waals surface area contributed by atoms with Gasteiger partial charge in [0.25, 0.3) is 0 Å². The van der Waals surface area contributed by atoms with Crippen molar-refractivity contribution < 1.29 is 9.47 Å². The molecule has 3 aliphatic rings. The minimum absolute atomic E-state index is 0.319. The van der Waals surface area contributed by atoms with Gasteiger partial charge in [0.2, 0.25) is 0 Å². The van der Waals surface area contributed by atoms with Crippen LogP contribution in [0.3, 0.4) is 0 Å². The second-order valence-corrected chi connectivity index (χ2v) is 16.2. The Labute approximate surface area is 341 Å². The lowest BCUT2D eigenvalue weighted by Crippen LogP contribution is -2.45. The van der Waals surface area contributed by atoms with Crippen molar-refractivity contribution in [3.8, 4) is 67.1 Å². The van der Waals surface area contributed by atoms with Gasteiger partial charge in [-0.3, -0.25) is 0 Å². The largest absolute Gasteiger partial charge is 0.478 e. The van der Waals surface area contributed by atoms with E-state index in [0.29, 0.717) is 0 Å². The number of benzene rings is 8. The predicted octanol–water partition coefficient (Wildman–Crippen LogP) is 14.5. The highest BCUT2D eigenvalue weighted by atomic mass is 32.1. The highest BCUT2D eigenvalue weighted by Gasteiger charge is 2.39. The molecule has 1 aromatic heterocycles. The summed E-state index contributed by atoms with van der Waals surface area (Å²) in [4.78, 5) is 2.31. The number of hydrogen-bond acceptors (Lipinski definition) is 4. The Hall–Kier alpha value is -7.14. The van der Waals surface area contributed by atoms with Crippen LogP contribution in [0.1, 0.15) is 0 Å². The van der Waals surface area contributed by atoms with Gasteiger partial charge in [-0.05, 0) is 116 Å². The van der Waals surface area contributed by atoms with Gasteiger partial charge in [0, 0.05) is 31.5 Å². The van der Waals surface area contributed by atoms with Gasteiger partial charge >= 0.3 is 0 Å². The first kappa shape index (κ1) is 33.0. The van der Waals surface area contributed by atoms with Crippen molar-refractivity contribution in [1.82, 2.24) is 0 Å². The van der Waals surface area contributed by atoms with Crippen molar-refractivity contribution in [2.45, 2.75) is 12.2 Å². The summed E-state index contributed by atoms with van der Waals surface area (Å²) in [6.07, 6.45) is 5.68. The normalized spacial score (nSPS) is 15.9. The highest BCUT2D eigenvalue weighted by molar-refractivity contribution is 7.25. The van der Waals surface area contributed by atoms with Crippen molar-refractivity contribution in [2.75, 3.05) is 4.90 Å². The van der Waals surface area contributed by atoms with Crippen LogP contribution in [0.5, 0.6) is 11.5 Å². The van der Waals surface area contributed by atoms with Crippen LogP contribution >= 0.6 is 11.3 Å². The molecule has 9 aromatic rings. The lowest BCUT2D eigenvalue weighted by Gasteiger charge is -2.40. The molecule has 2 atom stereocenters. The predicted molar refractivity (Wildman–Crippen MR) is 241 cm³/mol. The zero-order valence-electron chi connectivity index (χ0n) is 31.4. The van der Waals surface area contributed by atoms with E-state index in [2.05, 4.69) is 205 Å². The van der Waals surface area contributed by atoms with Crippen LogP contribution in [-0.4, -0.2) is 12.2 Å². The van der Waals surface area contributed by atoms with Crippen LogP contribution in [0.15, 0.2) is 206 Å². The topological polar surface area (TPSA) is 21.7 Å². The fraction of sp³-hybridized carbons (Fsp3) is 0.0370. The van der Waals surface area contributed by atoms with Gasteiger partial charge in [0.1, 0.15) is 0 Å². The molecule has 1 aliphatic heterocycles. The first-order valence-electron chi connectivity index (χ1n) is 19.8. The van der Waals surface area contributed by atoms with Gasteiger partial charge in [-0.15, -0.1) is 11.3 Å². The second kappa shape index (κ2) is 13.2. The minimum atomic E-state index is -0.386. The van der Waals surface area contributed by atoms with E-state index in [4.69, 9.17) is 9.47 Å². The molecule has 0 N–H and O–H groups in total. The first-order valence-corrected chi connectivity index (χ1v) is 20.6. The Balaban J connectivity index is 0.942. The molecule has 0 bridgehead atoms. The standard InChI is InChI=1S/C54H35NO2S/c1-2-13-36(14-3-1)55(37-28-25-34(26-29-37)35-27-30-45-44-21-10-11-24-52(44)58-53(45)31-35)48-22-12-23-49-54(48)57-51-33-47-43-20-9-7-18-41(43)39-16-5-4-15-38(39)40-17-6-8-19-42(40)46(47)32-50(51)56-49/h1-33,49,54H. The first-order chi connectivity index (χ1) is 28.7. The van der Waals surface area contributed by atoms with Crippen LogP contribution in [-0.2, 0) is 0 Å². The molecule has 2 unspecified atom stereocenters. The average Bonchev–Trinajstić information content (AvgIpc) is 3.66. The summed E-state index contributed by atoms with van der Waals surface area (Å²) in [6.45, 7) is 0. The van der Waals surface area contributed by atoms with E-state index < -0.39 is 0 Å². The molecule has 0 radical (unpaired) electrons. The Morgan fingerprint density at radius 1 is 0.414 bits per heavy atom. The van der Waals surface area contributed by atoms with E-state index in [-0.39, 0.29) is 12.2 Å². The summed E-state index contributed by atoms with van der Waals surface area (Å²) in [5.41, 5.74) is 15.0. The summed E-state index contributed by atoms with van der Waals surface area (Å²) >= 11 is 1.85. The summed E-state index contributed by atoms with van der Waals surface area (Å²) < 4.78 is 16.7. The maximum Gasteiger partial charge on any atom is 0.179 e. The van der Waals surface area contributed by atoms with Gasteiger partial charge in [0.15, 0.2) is 23.7 Å². The summed E-state index contributed by atoms with van der Waals surface area (Å²) in [7, 11) is 0.